The predicted molar refractivity (Wildman–Crippen MR) is 115 cm³/mol. The van der Waals surface area contributed by atoms with Crippen molar-refractivity contribution in [3.05, 3.63) is 77.6 Å². The van der Waals surface area contributed by atoms with Crippen LogP contribution in [0.25, 0.3) is 11.1 Å². The van der Waals surface area contributed by atoms with Crippen molar-refractivity contribution in [3.63, 3.8) is 0 Å². The zero-order valence-corrected chi connectivity index (χ0v) is 17.5. The van der Waals surface area contributed by atoms with E-state index in [4.69, 9.17) is 4.74 Å². The molecule has 4 rings (SSSR count). The second kappa shape index (κ2) is 9.69. The van der Waals surface area contributed by atoms with E-state index in [1.165, 1.54) is 19.2 Å². The van der Waals surface area contributed by atoms with Gasteiger partial charge in [-0.05, 0) is 61.1 Å². The monoisotopic (exact) mass is 420 g/mol. The van der Waals surface area contributed by atoms with Crippen molar-refractivity contribution in [2.24, 2.45) is 0 Å². The summed E-state index contributed by atoms with van der Waals surface area (Å²) < 4.78 is 24.5. The van der Waals surface area contributed by atoms with Gasteiger partial charge in [0.25, 0.3) is 0 Å². The number of hydrogen-bond donors (Lipinski definition) is 0. The van der Waals surface area contributed by atoms with Gasteiger partial charge in [-0.1, -0.05) is 18.2 Å². The van der Waals surface area contributed by atoms with E-state index in [0.717, 1.165) is 53.8 Å². The van der Waals surface area contributed by atoms with Crippen LogP contribution in [0.4, 0.5) is 4.39 Å². The number of nitrogens with zero attached hydrogens (tertiary/aromatic N) is 2. The first-order chi connectivity index (χ1) is 15.1. The molecule has 31 heavy (non-hydrogen) atoms. The summed E-state index contributed by atoms with van der Waals surface area (Å²) in [6, 6.07) is 12.4. The number of aromatic nitrogens is 2. The molecule has 1 fully saturated rings. The first-order valence-electron chi connectivity index (χ1n) is 10.5. The fraction of sp³-hybridized carbons (Fsp3) is 0.320. The molecular formula is C25H25FN2O3. The number of hydrogen-bond acceptors (Lipinski definition) is 5. The highest BCUT2D eigenvalue weighted by Gasteiger charge is 2.26. The quantitative estimate of drug-likeness (QED) is 0.443. The minimum absolute atomic E-state index is 0.196. The van der Waals surface area contributed by atoms with Crippen LogP contribution in [-0.2, 0) is 22.6 Å². The van der Waals surface area contributed by atoms with Crippen molar-refractivity contribution >= 4 is 5.97 Å². The maximum absolute atomic E-state index is 13.9. The number of benzene rings is 2. The number of rotatable bonds is 9. The summed E-state index contributed by atoms with van der Waals surface area (Å²) in [7, 11) is 1.40. The SMILES string of the molecule is COC(=O)CCCc1ccc(OCc2cc(F)ccc2-c2cnc(C3CC3)nc2)cc1. The molecular weight excluding hydrogens is 395 g/mol. The van der Waals surface area contributed by atoms with E-state index in [0.29, 0.717) is 18.1 Å². The molecule has 0 amide bonds. The molecule has 0 aliphatic heterocycles. The summed E-state index contributed by atoms with van der Waals surface area (Å²) in [5, 5.41) is 0. The van der Waals surface area contributed by atoms with Crippen LogP contribution >= 0.6 is 0 Å². The molecule has 3 aromatic rings. The van der Waals surface area contributed by atoms with Gasteiger partial charge in [-0.15, -0.1) is 0 Å². The van der Waals surface area contributed by atoms with Gasteiger partial charge >= 0.3 is 5.97 Å². The summed E-state index contributed by atoms with van der Waals surface area (Å²) >= 11 is 0. The standard InChI is InChI=1S/C25H25FN2O3/c1-30-24(29)4-2-3-17-5-10-22(11-6-17)31-16-19-13-21(26)9-12-23(19)20-14-27-25(28-15-20)18-7-8-18/h5-6,9-15,18H,2-4,7-8,16H2,1H3. The molecule has 0 radical (unpaired) electrons. The first-order valence-corrected chi connectivity index (χ1v) is 10.5. The lowest BCUT2D eigenvalue weighted by Crippen LogP contribution is -2.01. The maximum Gasteiger partial charge on any atom is 0.305 e. The Bertz CT molecular complexity index is 1030. The number of esters is 1. The van der Waals surface area contributed by atoms with Gasteiger partial charge in [-0.2, -0.15) is 0 Å². The van der Waals surface area contributed by atoms with Gasteiger partial charge in [-0.3, -0.25) is 4.79 Å². The average Bonchev–Trinajstić information content (AvgIpc) is 3.64. The van der Waals surface area contributed by atoms with Crippen LogP contribution < -0.4 is 4.74 Å². The van der Waals surface area contributed by atoms with Gasteiger partial charge in [-0.25, -0.2) is 14.4 Å². The highest BCUT2D eigenvalue weighted by atomic mass is 19.1. The Hall–Kier alpha value is -3.28. The van der Waals surface area contributed by atoms with Crippen LogP contribution in [0, 0.1) is 5.82 Å². The van der Waals surface area contributed by atoms with Crippen molar-refractivity contribution < 1.29 is 18.7 Å². The Morgan fingerprint density at radius 2 is 1.84 bits per heavy atom. The second-order valence-electron chi connectivity index (χ2n) is 7.77. The van der Waals surface area contributed by atoms with E-state index in [9.17, 15) is 9.18 Å². The summed E-state index contributed by atoms with van der Waals surface area (Å²) in [4.78, 5) is 20.2. The van der Waals surface area contributed by atoms with E-state index >= 15 is 0 Å². The van der Waals surface area contributed by atoms with Gasteiger partial charge in [0.2, 0.25) is 0 Å². The predicted octanol–water partition coefficient (Wildman–Crippen LogP) is 5.23. The van der Waals surface area contributed by atoms with Crippen molar-refractivity contribution in [1.29, 1.82) is 0 Å². The molecule has 5 nitrogen and oxygen atoms in total. The molecule has 1 aliphatic carbocycles. The zero-order valence-electron chi connectivity index (χ0n) is 17.5. The molecule has 1 aliphatic rings. The first kappa shape index (κ1) is 21.0. The lowest BCUT2D eigenvalue weighted by molar-refractivity contribution is -0.140. The third-order valence-corrected chi connectivity index (χ3v) is 5.38. The molecule has 160 valence electrons. The minimum Gasteiger partial charge on any atom is -0.489 e. The van der Waals surface area contributed by atoms with Gasteiger partial charge in [0, 0.05) is 35.9 Å². The van der Waals surface area contributed by atoms with Crippen LogP contribution in [0.2, 0.25) is 0 Å². The Balaban J connectivity index is 1.40. The fourth-order valence-corrected chi connectivity index (χ4v) is 3.45. The largest absolute Gasteiger partial charge is 0.489 e. The Kier molecular flexibility index (Phi) is 6.55. The molecule has 1 heterocycles. The molecule has 6 heteroatoms. The van der Waals surface area contributed by atoms with Gasteiger partial charge in [0.1, 0.15) is 24.0 Å². The Morgan fingerprint density at radius 1 is 1.10 bits per heavy atom. The fourth-order valence-electron chi connectivity index (χ4n) is 3.45. The number of methoxy groups -OCH3 is 1. The Labute approximate surface area is 181 Å². The molecule has 0 N–H and O–H groups in total. The number of aryl methyl sites for hydroxylation is 1. The second-order valence-corrected chi connectivity index (χ2v) is 7.77. The third-order valence-electron chi connectivity index (χ3n) is 5.38. The molecule has 1 saturated carbocycles. The summed E-state index contributed by atoms with van der Waals surface area (Å²) in [5.74, 6) is 1.58. The summed E-state index contributed by atoms with van der Waals surface area (Å²) in [6.45, 7) is 0.235. The van der Waals surface area contributed by atoms with Crippen LogP contribution in [0.3, 0.4) is 0 Å². The lowest BCUT2D eigenvalue weighted by Gasteiger charge is -2.12. The smallest absolute Gasteiger partial charge is 0.305 e. The average molecular weight is 420 g/mol. The number of halogens is 1. The highest BCUT2D eigenvalue weighted by Crippen LogP contribution is 2.38. The molecule has 0 bridgehead atoms. The van der Waals surface area contributed by atoms with Gasteiger partial charge < -0.3 is 9.47 Å². The van der Waals surface area contributed by atoms with E-state index in [-0.39, 0.29) is 18.4 Å². The van der Waals surface area contributed by atoms with Crippen molar-refractivity contribution in [2.45, 2.75) is 44.6 Å². The van der Waals surface area contributed by atoms with E-state index in [2.05, 4.69) is 14.7 Å². The Morgan fingerprint density at radius 3 is 2.52 bits per heavy atom. The zero-order chi connectivity index (χ0) is 21.6. The summed E-state index contributed by atoms with van der Waals surface area (Å²) in [5.41, 5.74) is 3.58. The third kappa shape index (κ3) is 5.66. The van der Waals surface area contributed by atoms with E-state index < -0.39 is 0 Å². The number of carbonyl (C=O) groups excluding carboxylic acids is 1. The molecule has 2 aromatic carbocycles. The molecule has 0 saturated heterocycles. The number of carbonyl (C=O) groups is 1. The summed E-state index contributed by atoms with van der Waals surface area (Å²) in [6.07, 6.45) is 7.85. The molecule has 0 spiro atoms. The molecule has 0 unspecified atom stereocenters. The molecule has 1 aromatic heterocycles. The van der Waals surface area contributed by atoms with Gasteiger partial charge in [0.05, 0.1) is 7.11 Å². The van der Waals surface area contributed by atoms with E-state index in [1.807, 2.05) is 24.3 Å². The van der Waals surface area contributed by atoms with Gasteiger partial charge in [0.15, 0.2) is 0 Å². The van der Waals surface area contributed by atoms with Crippen LogP contribution in [0.5, 0.6) is 5.75 Å². The topological polar surface area (TPSA) is 61.3 Å². The van der Waals surface area contributed by atoms with Crippen molar-refractivity contribution in [2.75, 3.05) is 7.11 Å². The lowest BCUT2D eigenvalue weighted by atomic mass is 10.0. The van der Waals surface area contributed by atoms with Crippen LogP contribution in [-0.4, -0.2) is 23.0 Å². The van der Waals surface area contributed by atoms with Crippen LogP contribution in [0.15, 0.2) is 54.9 Å². The number of ether oxygens (including phenoxy) is 2. The minimum atomic E-state index is -0.307. The maximum atomic E-state index is 13.9. The highest BCUT2D eigenvalue weighted by molar-refractivity contribution is 5.69. The van der Waals surface area contributed by atoms with Crippen molar-refractivity contribution in [3.8, 4) is 16.9 Å². The van der Waals surface area contributed by atoms with E-state index in [1.54, 1.807) is 18.5 Å². The van der Waals surface area contributed by atoms with Crippen LogP contribution in [0.1, 0.15) is 48.6 Å². The van der Waals surface area contributed by atoms with Crippen molar-refractivity contribution in [1.82, 2.24) is 9.97 Å². The normalized spacial score (nSPS) is 13.1. The molecule has 0 atom stereocenters.